The molecular formula is C16H22F3N3O2. The van der Waals surface area contributed by atoms with Gasteiger partial charge in [0.1, 0.15) is 0 Å². The molecule has 5 nitrogen and oxygen atoms in total. The predicted molar refractivity (Wildman–Crippen MR) is 84.0 cm³/mol. The van der Waals surface area contributed by atoms with Crippen molar-refractivity contribution in [1.29, 1.82) is 0 Å². The molecule has 0 spiro atoms. The summed E-state index contributed by atoms with van der Waals surface area (Å²) in [6.45, 7) is 0.357. The van der Waals surface area contributed by atoms with Crippen LogP contribution in [0.2, 0.25) is 0 Å². The van der Waals surface area contributed by atoms with Crippen LogP contribution in [0, 0.1) is 0 Å². The third-order valence-electron chi connectivity index (χ3n) is 3.52. The van der Waals surface area contributed by atoms with Crippen LogP contribution in [-0.4, -0.2) is 30.4 Å². The van der Waals surface area contributed by atoms with Gasteiger partial charge in [-0.1, -0.05) is 24.6 Å². The first kappa shape index (κ1) is 19.8. The first-order chi connectivity index (χ1) is 11.2. The van der Waals surface area contributed by atoms with Crippen molar-refractivity contribution in [1.82, 2.24) is 10.2 Å². The molecule has 3 amide bonds. The number of rotatable bonds is 8. The number of nitrogens with zero attached hydrogens (tertiary/aromatic N) is 1. The van der Waals surface area contributed by atoms with E-state index >= 15 is 0 Å². The summed E-state index contributed by atoms with van der Waals surface area (Å²) in [5, 5.41) is 2.45. The van der Waals surface area contributed by atoms with E-state index in [1.54, 1.807) is 0 Å². The van der Waals surface area contributed by atoms with Crippen LogP contribution in [0.1, 0.15) is 36.8 Å². The molecule has 0 saturated carbocycles. The van der Waals surface area contributed by atoms with E-state index in [1.165, 1.54) is 30.1 Å². The highest BCUT2D eigenvalue weighted by atomic mass is 19.4. The molecule has 0 heterocycles. The number of nitrogens with one attached hydrogen (secondary N) is 1. The number of carbonyl (C=O) groups excluding carboxylic acids is 2. The Morgan fingerprint density at radius 3 is 2.46 bits per heavy atom. The van der Waals surface area contributed by atoms with Crippen LogP contribution in [0.25, 0.3) is 0 Å². The van der Waals surface area contributed by atoms with Gasteiger partial charge in [0.2, 0.25) is 5.91 Å². The topological polar surface area (TPSA) is 75.4 Å². The van der Waals surface area contributed by atoms with Gasteiger partial charge in [-0.05, 0) is 24.5 Å². The number of nitrogens with two attached hydrogens (primary N) is 1. The summed E-state index contributed by atoms with van der Waals surface area (Å²) in [7, 11) is 1.49. The quantitative estimate of drug-likeness (QED) is 0.711. The fourth-order valence-corrected chi connectivity index (χ4v) is 2.26. The zero-order valence-corrected chi connectivity index (χ0v) is 13.5. The molecule has 134 valence electrons. The maximum absolute atomic E-state index is 12.9. The van der Waals surface area contributed by atoms with Crippen molar-refractivity contribution in [2.45, 2.75) is 38.4 Å². The number of hydrogen-bond acceptors (Lipinski definition) is 2. The highest BCUT2D eigenvalue weighted by molar-refractivity contribution is 5.75. The SMILES string of the molecule is CN(Cc1ccccc1C(F)(F)F)C(=O)CCCCCNC(N)=O. The summed E-state index contributed by atoms with van der Waals surface area (Å²) in [5.41, 5.74) is 4.28. The lowest BCUT2D eigenvalue weighted by molar-refractivity contribution is -0.139. The van der Waals surface area contributed by atoms with Crippen LogP contribution in [-0.2, 0) is 17.5 Å². The lowest BCUT2D eigenvalue weighted by Crippen LogP contribution is -2.30. The number of urea groups is 1. The molecular weight excluding hydrogens is 323 g/mol. The Morgan fingerprint density at radius 2 is 1.83 bits per heavy atom. The van der Waals surface area contributed by atoms with Gasteiger partial charge < -0.3 is 16.0 Å². The Balaban J connectivity index is 2.44. The second kappa shape index (κ2) is 9.14. The van der Waals surface area contributed by atoms with Crippen molar-refractivity contribution in [2.24, 2.45) is 5.73 Å². The minimum Gasteiger partial charge on any atom is -0.352 e. The minimum atomic E-state index is -4.44. The molecule has 24 heavy (non-hydrogen) atoms. The van der Waals surface area contributed by atoms with E-state index in [0.29, 0.717) is 19.4 Å². The number of unbranched alkanes of at least 4 members (excludes halogenated alkanes) is 2. The Kier molecular flexibility index (Phi) is 7.54. The van der Waals surface area contributed by atoms with Crippen molar-refractivity contribution in [2.75, 3.05) is 13.6 Å². The predicted octanol–water partition coefficient (Wildman–Crippen LogP) is 2.89. The Bertz CT molecular complexity index is 562. The average molecular weight is 345 g/mol. The first-order valence-electron chi connectivity index (χ1n) is 7.64. The van der Waals surface area contributed by atoms with Crippen LogP contribution in [0.15, 0.2) is 24.3 Å². The van der Waals surface area contributed by atoms with E-state index in [0.717, 1.165) is 12.5 Å². The Hall–Kier alpha value is -2.25. The van der Waals surface area contributed by atoms with Crippen LogP contribution in [0.5, 0.6) is 0 Å². The maximum atomic E-state index is 12.9. The van der Waals surface area contributed by atoms with Gasteiger partial charge in [-0.2, -0.15) is 13.2 Å². The molecule has 0 aliphatic carbocycles. The molecule has 0 aromatic heterocycles. The lowest BCUT2D eigenvalue weighted by Gasteiger charge is -2.20. The van der Waals surface area contributed by atoms with Gasteiger partial charge in [0, 0.05) is 26.6 Å². The minimum absolute atomic E-state index is 0.0755. The first-order valence-corrected chi connectivity index (χ1v) is 7.64. The van der Waals surface area contributed by atoms with Crippen LogP contribution in [0.3, 0.4) is 0 Å². The van der Waals surface area contributed by atoms with Crippen molar-refractivity contribution in [3.63, 3.8) is 0 Å². The van der Waals surface area contributed by atoms with E-state index in [1.807, 2.05) is 0 Å². The highest BCUT2D eigenvalue weighted by Gasteiger charge is 2.33. The smallest absolute Gasteiger partial charge is 0.352 e. The molecule has 0 fully saturated rings. The molecule has 0 unspecified atom stereocenters. The van der Waals surface area contributed by atoms with Crippen LogP contribution >= 0.6 is 0 Å². The summed E-state index contributed by atoms with van der Waals surface area (Å²) < 4.78 is 38.8. The fraction of sp³-hybridized carbons (Fsp3) is 0.500. The summed E-state index contributed by atoms with van der Waals surface area (Å²) in [5.74, 6) is -0.213. The molecule has 0 radical (unpaired) electrons. The van der Waals surface area contributed by atoms with Gasteiger partial charge in [-0.25, -0.2) is 4.79 Å². The average Bonchev–Trinajstić information content (AvgIpc) is 2.49. The third-order valence-corrected chi connectivity index (χ3v) is 3.52. The van der Waals surface area contributed by atoms with Gasteiger partial charge >= 0.3 is 12.2 Å². The van der Waals surface area contributed by atoms with Crippen molar-refractivity contribution < 1.29 is 22.8 Å². The number of hydrogen-bond donors (Lipinski definition) is 2. The molecule has 0 aliphatic rings. The van der Waals surface area contributed by atoms with Gasteiger partial charge in [0.05, 0.1) is 5.56 Å². The molecule has 8 heteroatoms. The standard InChI is InChI=1S/C16H22F3N3O2/c1-22(14(23)9-3-2-6-10-21-15(20)24)11-12-7-4-5-8-13(12)16(17,18)19/h4-5,7-8H,2-3,6,9-11H2,1H3,(H3,20,21,24). The van der Waals surface area contributed by atoms with E-state index in [-0.39, 0.29) is 24.4 Å². The number of carbonyl (C=O) groups is 2. The number of primary amides is 1. The molecule has 1 aromatic rings. The second-order valence-electron chi connectivity index (χ2n) is 5.51. The highest BCUT2D eigenvalue weighted by Crippen LogP contribution is 2.32. The molecule has 1 aromatic carbocycles. The second-order valence-corrected chi connectivity index (χ2v) is 5.51. The fourth-order valence-electron chi connectivity index (χ4n) is 2.26. The molecule has 1 rings (SSSR count). The van der Waals surface area contributed by atoms with Gasteiger partial charge in [0.25, 0.3) is 0 Å². The van der Waals surface area contributed by atoms with E-state index < -0.39 is 17.8 Å². The third kappa shape index (κ3) is 6.89. The van der Waals surface area contributed by atoms with Crippen molar-refractivity contribution in [3.8, 4) is 0 Å². The Labute approximate surface area is 139 Å². The van der Waals surface area contributed by atoms with E-state index in [9.17, 15) is 22.8 Å². The number of alkyl halides is 3. The van der Waals surface area contributed by atoms with Crippen LogP contribution < -0.4 is 11.1 Å². The zero-order valence-electron chi connectivity index (χ0n) is 13.5. The van der Waals surface area contributed by atoms with E-state index in [4.69, 9.17) is 5.73 Å². The monoisotopic (exact) mass is 345 g/mol. The number of amides is 3. The summed E-state index contributed by atoms with van der Waals surface area (Å²) in [6.07, 6.45) is -2.17. The maximum Gasteiger partial charge on any atom is 0.416 e. The summed E-state index contributed by atoms with van der Waals surface area (Å²) in [4.78, 5) is 23.8. The largest absolute Gasteiger partial charge is 0.416 e. The van der Waals surface area contributed by atoms with Gasteiger partial charge in [0.15, 0.2) is 0 Å². The number of benzene rings is 1. The molecule has 0 saturated heterocycles. The summed E-state index contributed by atoms with van der Waals surface area (Å²) in [6, 6.07) is 4.65. The van der Waals surface area contributed by atoms with E-state index in [2.05, 4.69) is 5.32 Å². The molecule has 0 bridgehead atoms. The molecule has 0 aliphatic heterocycles. The van der Waals surface area contributed by atoms with Crippen molar-refractivity contribution >= 4 is 11.9 Å². The van der Waals surface area contributed by atoms with Gasteiger partial charge in [-0.3, -0.25) is 4.79 Å². The zero-order chi connectivity index (χ0) is 18.2. The molecule has 0 atom stereocenters. The Morgan fingerprint density at radius 1 is 1.17 bits per heavy atom. The molecule has 3 N–H and O–H groups in total. The van der Waals surface area contributed by atoms with Gasteiger partial charge in [-0.15, -0.1) is 0 Å². The van der Waals surface area contributed by atoms with Crippen molar-refractivity contribution in [3.05, 3.63) is 35.4 Å². The summed E-state index contributed by atoms with van der Waals surface area (Å²) >= 11 is 0. The van der Waals surface area contributed by atoms with Crippen LogP contribution in [0.4, 0.5) is 18.0 Å². The lowest BCUT2D eigenvalue weighted by atomic mass is 10.1. The number of halogens is 3. The normalized spacial score (nSPS) is 11.2.